The Hall–Kier alpha value is -1.90. The molecule has 0 saturated carbocycles. The second kappa shape index (κ2) is 3.46. The van der Waals surface area contributed by atoms with Gasteiger partial charge in [-0.1, -0.05) is 29.4 Å². The zero-order chi connectivity index (χ0) is 9.97. The molecule has 0 aliphatic rings. The Morgan fingerprint density at radius 2 is 2.00 bits per heavy atom. The Morgan fingerprint density at radius 1 is 1.29 bits per heavy atom. The number of carbonyl (C=O) groups is 1. The summed E-state index contributed by atoms with van der Waals surface area (Å²) in [5, 5.41) is 3.79. The first-order valence-corrected chi connectivity index (χ1v) is 4.28. The van der Waals surface area contributed by atoms with E-state index in [0.29, 0.717) is 5.56 Å². The zero-order valence-corrected chi connectivity index (χ0v) is 7.73. The molecule has 2 rings (SSSR count). The summed E-state index contributed by atoms with van der Waals surface area (Å²) in [6.45, 7) is 1.87. The zero-order valence-electron chi connectivity index (χ0n) is 7.73. The van der Waals surface area contributed by atoms with E-state index in [9.17, 15) is 4.79 Å². The van der Waals surface area contributed by atoms with Gasteiger partial charge < -0.3 is 4.52 Å². The van der Waals surface area contributed by atoms with Gasteiger partial charge in [0.1, 0.15) is 6.29 Å². The van der Waals surface area contributed by atoms with Gasteiger partial charge in [-0.25, -0.2) is 0 Å². The molecule has 14 heavy (non-hydrogen) atoms. The number of benzene rings is 1. The molecule has 0 aliphatic carbocycles. The number of aldehydes is 1. The van der Waals surface area contributed by atoms with Crippen LogP contribution in [-0.4, -0.2) is 11.4 Å². The van der Waals surface area contributed by atoms with Crippen molar-refractivity contribution in [2.45, 2.75) is 6.92 Å². The number of hydrogen-bond donors (Lipinski definition) is 0. The van der Waals surface area contributed by atoms with E-state index >= 15 is 0 Å². The van der Waals surface area contributed by atoms with E-state index < -0.39 is 0 Å². The Balaban J connectivity index is 2.38. The van der Waals surface area contributed by atoms with Gasteiger partial charge in [0, 0.05) is 17.2 Å². The van der Waals surface area contributed by atoms with Crippen LogP contribution in [-0.2, 0) is 0 Å². The fourth-order valence-corrected chi connectivity index (χ4v) is 1.23. The summed E-state index contributed by atoms with van der Waals surface area (Å²) in [5.74, 6) is 0.722. The summed E-state index contributed by atoms with van der Waals surface area (Å²) in [7, 11) is 0. The Kier molecular flexibility index (Phi) is 2.14. The lowest BCUT2D eigenvalue weighted by molar-refractivity contribution is 0.112. The van der Waals surface area contributed by atoms with Gasteiger partial charge in [-0.2, -0.15) is 0 Å². The van der Waals surface area contributed by atoms with E-state index in [1.807, 2.05) is 25.1 Å². The molecule has 1 aromatic carbocycles. The van der Waals surface area contributed by atoms with Crippen LogP contribution >= 0.6 is 0 Å². The van der Waals surface area contributed by atoms with Crippen LogP contribution in [0, 0.1) is 6.92 Å². The maximum Gasteiger partial charge on any atom is 0.167 e. The number of nitrogens with zero attached hydrogens (tertiary/aromatic N) is 1. The molecule has 1 aromatic heterocycles. The normalized spacial score (nSPS) is 10.1. The topological polar surface area (TPSA) is 43.1 Å². The average molecular weight is 187 g/mol. The van der Waals surface area contributed by atoms with Gasteiger partial charge in [0.05, 0.1) is 5.69 Å². The molecule has 0 aliphatic heterocycles. The quantitative estimate of drug-likeness (QED) is 0.678. The number of aromatic nitrogens is 1. The van der Waals surface area contributed by atoms with Crippen molar-refractivity contribution in [1.29, 1.82) is 0 Å². The highest BCUT2D eigenvalue weighted by Gasteiger charge is 2.03. The maximum atomic E-state index is 10.4. The van der Waals surface area contributed by atoms with Crippen molar-refractivity contribution in [3.8, 4) is 11.3 Å². The SMILES string of the molecule is Cc1cc(-c2ccc(C=O)cc2)on1. The highest BCUT2D eigenvalue weighted by molar-refractivity contribution is 5.76. The van der Waals surface area contributed by atoms with Crippen LogP contribution < -0.4 is 0 Å². The summed E-state index contributed by atoms with van der Waals surface area (Å²) in [4.78, 5) is 10.4. The molecule has 0 amide bonds. The fraction of sp³-hybridized carbons (Fsp3) is 0.0909. The fourth-order valence-electron chi connectivity index (χ4n) is 1.23. The molecule has 2 aromatic rings. The van der Waals surface area contributed by atoms with Crippen LogP contribution in [0.5, 0.6) is 0 Å². The predicted molar refractivity (Wildman–Crippen MR) is 52.1 cm³/mol. The van der Waals surface area contributed by atoms with E-state index in [-0.39, 0.29) is 0 Å². The summed E-state index contributed by atoms with van der Waals surface area (Å²) in [5.41, 5.74) is 2.43. The molecule has 0 fully saturated rings. The lowest BCUT2D eigenvalue weighted by Gasteiger charge is -1.94. The van der Waals surface area contributed by atoms with Gasteiger partial charge in [0.2, 0.25) is 0 Å². The summed E-state index contributed by atoms with van der Waals surface area (Å²) < 4.78 is 5.09. The standard InChI is InChI=1S/C11H9NO2/c1-8-6-11(14-12-8)10-4-2-9(7-13)3-5-10/h2-7H,1H3. The largest absolute Gasteiger partial charge is 0.356 e. The smallest absolute Gasteiger partial charge is 0.167 e. The third-order valence-corrected chi connectivity index (χ3v) is 1.96. The van der Waals surface area contributed by atoms with Crippen LogP contribution in [0.25, 0.3) is 11.3 Å². The molecule has 0 unspecified atom stereocenters. The highest BCUT2D eigenvalue weighted by Crippen LogP contribution is 2.19. The Morgan fingerprint density at radius 3 is 2.50 bits per heavy atom. The summed E-state index contributed by atoms with van der Waals surface area (Å²) in [6, 6.07) is 9.03. The molecule has 0 bridgehead atoms. The van der Waals surface area contributed by atoms with Crippen LogP contribution in [0.3, 0.4) is 0 Å². The molecule has 3 nitrogen and oxygen atoms in total. The lowest BCUT2D eigenvalue weighted by atomic mass is 10.1. The summed E-state index contributed by atoms with van der Waals surface area (Å²) >= 11 is 0. The minimum atomic E-state index is 0.657. The first-order valence-electron chi connectivity index (χ1n) is 4.28. The van der Waals surface area contributed by atoms with Gasteiger partial charge >= 0.3 is 0 Å². The Labute approximate surface area is 81.3 Å². The monoisotopic (exact) mass is 187 g/mol. The Bertz CT molecular complexity index is 443. The van der Waals surface area contributed by atoms with Crippen LogP contribution in [0.2, 0.25) is 0 Å². The minimum Gasteiger partial charge on any atom is -0.356 e. The van der Waals surface area contributed by atoms with E-state index in [1.54, 1.807) is 12.1 Å². The lowest BCUT2D eigenvalue weighted by Crippen LogP contribution is -1.79. The van der Waals surface area contributed by atoms with Crippen molar-refractivity contribution in [3.05, 3.63) is 41.6 Å². The summed E-state index contributed by atoms with van der Waals surface area (Å²) in [6.07, 6.45) is 0.815. The van der Waals surface area contributed by atoms with Gasteiger partial charge in [-0.3, -0.25) is 4.79 Å². The van der Waals surface area contributed by atoms with Crippen molar-refractivity contribution >= 4 is 6.29 Å². The van der Waals surface area contributed by atoms with Crippen molar-refractivity contribution in [2.75, 3.05) is 0 Å². The molecule has 70 valence electrons. The van der Waals surface area contributed by atoms with Crippen LogP contribution in [0.4, 0.5) is 0 Å². The van der Waals surface area contributed by atoms with Crippen molar-refractivity contribution < 1.29 is 9.32 Å². The van der Waals surface area contributed by atoms with Crippen LogP contribution in [0.1, 0.15) is 16.1 Å². The molecule has 0 atom stereocenters. The molecule has 0 N–H and O–H groups in total. The van der Waals surface area contributed by atoms with Gasteiger partial charge in [0.15, 0.2) is 5.76 Å². The number of aryl methyl sites for hydroxylation is 1. The predicted octanol–water partition coefficient (Wildman–Crippen LogP) is 2.46. The van der Waals surface area contributed by atoms with Gasteiger partial charge in [-0.15, -0.1) is 0 Å². The first-order chi connectivity index (χ1) is 6.79. The molecule has 0 radical (unpaired) electrons. The number of hydrogen-bond acceptors (Lipinski definition) is 3. The van der Waals surface area contributed by atoms with Crippen molar-refractivity contribution in [2.24, 2.45) is 0 Å². The third-order valence-electron chi connectivity index (χ3n) is 1.96. The highest BCUT2D eigenvalue weighted by atomic mass is 16.5. The van der Waals surface area contributed by atoms with E-state index in [4.69, 9.17) is 4.52 Å². The van der Waals surface area contributed by atoms with Crippen molar-refractivity contribution in [1.82, 2.24) is 5.16 Å². The second-order valence-corrected chi connectivity index (χ2v) is 3.07. The van der Waals surface area contributed by atoms with E-state index in [1.165, 1.54) is 0 Å². The molecule has 3 heteroatoms. The van der Waals surface area contributed by atoms with Gasteiger partial charge in [0.25, 0.3) is 0 Å². The molecular formula is C11H9NO2. The number of rotatable bonds is 2. The minimum absolute atomic E-state index is 0.657. The van der Waals surface area contributed by atoms with E-state index in [0.717, 1.165) is 23.3 Å². The average Bonchev–Trinajstić information content (AvgIpc) is 2.65. The molecule has 1 heterocycles. The van der Waals surface area contributed by atoms with Crippen LogP contribution in [0.15, 0.2) is 34.9 Å². The first kappa shape index (κ1) is 8.69. The molecule has 0 saturated heterocycles. The molecule has 0 spiro atoms. The van der Waals surface area contributed by atoms with Crippen molar-refractivity contribution in [3.63, 3.8) is 0 Å². The number of carbonyl (C=O) groups excluding carboxylic acids is 1. The van der Waals surface area contributed by atoms with Gasteiger partial charge in [-0.05, 0) is 6.92 Å². The van der Waals surface area contributed by atoms with E-state index in [2.05, 4.69) is 5.16 Å². The third kappa shape index (κ3) is 1.57. The second-order valence-electron chi connectivity index (χ2n) is 3.07. The molecular weight excluding hydrogens is 178 g/mol. The maximum absolute atomic E-state index is 10.4.